The normalized spacial score (nSPS) is 17.7. The second kappa shape index (κ2) is 7.23. The summed E-state index contributed by atoms with van der Waals surface area (Å²) in [5.41, 5.74) is 1.58. The third kappa shape index (κ3) is 3.30. The van der Waals surface area contributed by atoms with Crippen molar-refractivity contribution in [2.45, 2.75) is 19.1 Å². The van der Waals surface area contributed by atoms with Gasteiger partial charge in [0.15, 0.2) is 6.10 Å². The van der Waals surface area contributed by atoms with Crippen LogP contribution in [0.15, 0.2) is 24.3 Å². The fourth-order valence-electron chi connectivity index (χ4n) is 3.71. The van der Waals surface area contributed by atoms with Crippen molar-refractivity contribution < 1.29 is 23.9 Å². The van der Waals surface area contributed by atoms with Crippen LogP contribution in [0.3, 0.4) is 0 Å². The van der Waals surface area contributed by atoms with Crippen LogP contribution in [0.5, 0.6) is 0 Å². The SMILES string of the molecule is CN1CC(=O)N(C)c2sc3c(c2C1=O)CCN(C(=O)C(O)c1cccc(F)c1)C3. The van der Waals surface area contributed by atoms with Gasteiger partial charge >= 0.3 is 0 Å². The summed E-state index contributed by atoms with van der Waals surface area (Å²) < 4.78 is 13.4. The Labute approximate surface area is 170 Å². The number of hydrogen-bond acceptors (Lipinski definition) is 5. The number of rotatable bonds is 2. The Morgan fingerprint density at radius 2 is 2.00 bits per heavy atom. The van der Waals surface area contributed by atoms with Gasteiger partial charge in [0.1, 0.15) is 17.4 Å². The Kier molecular flexibility index (Phi) is 4.87. The summed E-state index contributed by atoms with van der Waals surface area (Å²) in [6, 6.07) is 5.34. The van der Waals surface area contributed by atoms with Gasteiger partial charge in [-0.3, -0.25) is 14.4 Å². The number of likely N-dealkylation sites (N-methyl/N-ethyl adjacent to an activating group) is 2. The highest BCUT2D eigenvalue weighted by atomic mass is 32.1. The minimum atomic E-state index is -1.46. The van der Waals surface area contributed by atoms with Gasteiger partial charge in [-0.15, -0.1) is 11.3 Å². The number of halogens is 1. The molecule has 0 radical (unpaired) electrons. The average molecular weight is 417 g/mol. The summed E-state index contributed by atoms with van der Waals surface area (Å²) in [7, 11) is 3.24. The van der Waals surface area contributed by atoms with Gasteiger partial charge in [0.25, 0.3) is 11.8 Å². The lowest BCUT2D eigenvalue weighted by Gasteiger charge is -2.29. The number of carbonyl (C=O) groups is 3. The Bertz CT molecular complexity index is 1020. The Morgan fingerprint density at radius 3 is 2.72 bits per heavy atom. The number of anilines is 1. The molecular formula is C20H20FN3O4S. The number of benzene rings is 1. The molecule has 1 aromatic heterocycles. The maximum Gasteiger partial charge on any atom is 0.257 e. The summed E-state index contributed by atoms with van der Waals surface area (Å²) in [6.45, 7) is 0.587. The lowest BCUT2D eigenvalue weighted by atomic mass is 10.0. The number of carbonyl (C=O) groups excluding carboxylic acids is 3. The molecule has 1 unspecified atom stereocenters. The van der Waals surface area contributed by atoms with Crippen LogP contribution in [0.4, 0.5) is 9.39 Å². The molecule has 2 aromatic rings. The van der Waals surface area contributed by atoms with E-state index in [0.717, 1.165) is 16.5 Å². The number of aliphatic hydroxyl groups is 1. The first-order valence-corrected chi connectivity index (χ1v) is 9.98. The summed E-state index contributed by atoms with van der Waals surface area (Å²) >= 11 is 1.32. The fraction of sp³-hybridized carbons (Fsp3) is 0.350. The number of hydrogen-bond donors (Lipinski definition) is 1. The molecule has 0 bridgehead atoms. The number of nitrogens with zero attached hydrogens (tertiary/aromatic N) is 3. The molecule has 0 spiro atoms. The van der Waals surface area contributed by atoms with Crippen molar-refractivity contribution in [3.8, 4) is 0 Å². The molecule has 0 fully saturated rings. The molecule has 0 saturated carbocycles. The van der Waals surface area contributed by atoms with E-state index in [2.05, 4.69) is 0 Å². The minimum absolute atomic E-state index is 0.0238. The molecule has 2 aliphatic rings. The monoisotopic (exact) mass is 417 g/mol. The van der Waals surface area contributed by atoms with Gasteiger partial charge in [-0.2, -0.15) is 0 Å². The Morgan fingerprint density at radius 1 is 1.24 bits per heavy atom. The van der Waals surface area contributed by atoms with Crippen LogP contribution in [-0.2, 0) is 22.6 Å². The highest BCUT2D eigenvalue weighted by Crippen LogP contribution is 2.41. The molecule has 1 aromatic carbocycles. The van der Waals surface area contributed by atoms with Gasteiger partial charge in [0.05, 0.1) is 12.1 Å². The van der Waals surface area contributed by atoms with Crippen molar-refractivity contribution in [1.29, 1.82) is 0 Å². The summed E-state index contributed by atoms with van der Waals surface area (Å²) in [5.74, 6) is -1.41. The quantitative estimate of drug-likeness (QED) is 0.804. The molecule has 3 heterocycles. The molecule has 29 heavy (non-hydrogen) atoms. The maximum atomic E-state index is 13.4. The Balaban J connectivity index is 1.62. The first-order chi connectivity index (χ1) is 13.8. The zero-order valence-corrected chi connectivity index (χ0v) is 16.8. The van der Waals surface area contributed by atoms with Gasteiger partial charge in [0.2, 0.25) is 5.91 Å². The molecule has 2 aliphatic heterocycles. The first-order valence-electron chi connectivity index (χ1n) is 9.16. The zero-order chi connectivity index (χ0) is 20.9. The molecule has 9 heteroatoms. The van der Waals surface area contributed by atoms with Crippen LogP contribution in [0.1, 0.15) is 32.5 Å². The lowest BCUT2D eigenvalue weighted by molar-refractivity contribution is -0.141. The summed E-state index contributed by atoms with van der Waals surface area (Å²) in [6.07, 6.45) is -1.01. The molecule has 1 atom stereocenters. The van der Waals surface area contributed by atoms with E-state index in [0.29, 0.717) is 23.5 Å². The smallest absolute Gasteiger partial charge is 0.257 e. The van der Waals surface area contributed by atoms with E-state index < -0.39 is 17.8 Å². The highest BCUT2D eigenvalue weighted by molar-refractivity contribution is 7.17. The fourth-order valence-corrected chi connectivity index (χ4v) is 5.04. The molecule has 7 nitrogen and oxygen atoms in total. The van der Waals surface area contributed by atoms with Crippen LogP contribution >= 0.6 is 11.3 Å². The third-order valence-corrected chi connectivity index (χ3v) is 6.65. The molecular weight excluding hydrogens is 397 g/mol. The third-order valence-electron chi connectivity index (χ3n) is 5.36. The van der Waals surface area contributed by atoms with E-state index in [1.807, 2.05) is 0 Å². The number of aliphatic hydroxyl groups excluding tert-OH is 1. The van der Waals surface area contributed by atoms with Crippen LogP contribution in [0.2, 0.25) is 0 Å². The van der Waals surface area contributed by atoms with Crippen LogP contribution < -0.4 is 4.90 Å². The van der Waals surface area contributed by atoms with Gasteiger partial charge in [-0.05, 0) is 29.7 Å². The second-order valence-corrected chi connectivity index (χ2v) is 8.35. The van der Waals surface area contributed by atoms with Gasteiger partial charge in [-0.1, -0.05) is 12.1 Å². The van der Waals surface area contributed by atoms with Crippen molar-refractivity contribution in [3.05, 3.63) is 51.7 Å². The van der Waals surface area contributed by atoms with Crippen molar-refractivity contribution in [1.82, 2.24) is 9.80 Å². The minimum Gasteiger partial charge on any atom is -0.378 e. The molecule has 4 rings (SSSR count). The van der Waals surface area contributed by atoms with Crippen molar-refractivity contribution in [2.24, 2.45) is 0 Å². The van der Waals surface area contributed by atoms with E-state index >= 15 is 0 Å². The van der Waals surface area contributed by atoms with E-state index in [4.69, 9.17) is 0 Å². The Hall–Kier alpha value is -2.78. The van der Waals surface area contributed by atoms with Gasteiger partial charge in [-0.25, -0.2) is 4.39 Å². The van der Waals surface area contributed by atoms with E-state index in [1.165, 1.54) is 44.2 Å². The van der Waals surface area contributed by atoms with Crippen LogP contribution in [0.25, 0.3) is 0 Å². The number of amides is 3. The van der Waals surface area contributed by atoms with Crippen molar-refractivity contribution in [3.63, 3.8) is 0 Å². The highest BCUT2D eigenvalue weighted by Gasteiger charge is 2.37. The predicted molar refractivity (Wildman–Crippen MR) is 105 cm³/mol. The second-order valence-electron chi connectivity index (χ2n) is 7.27. The zero-order valence-electron chi connectivity index (χ0n) is 16.0. The molecule has 1 N–H and O–H groups in total. The topological polar surface area (TPSA) is 81.2 Å². The van der Waals surface area contributed by atoms with Crippen LogP contribution in [0, 0.1) is 5.82 Å². The van der Waals surface area contributed by atoms with Crippen molar-refractivity contribution >= 4 is 34.1 Å². The van der Waals surface area contributed by atoms with E-state index in [-0.39, 0.29) is 30.5 Å². The molecule has 0 saturated heterocycles. The standard InChI is InChI=1S/C20H20FN3O4S/c1-22-10-15(25)23(2)20-16(18(22)27)13-6-7-24(9-14(13)29-20)19(28)17(26)11-4-3-5-12(21)8-11/h3-5,8,17,26H,6-7,9-10H2,1-2H3. The first kappa shape index (κ1) is 19.5. The largest absolute Gasteiger partial charge is 0.378 e. The number of fused-ring (bicyclic) bond motifs is 3. The predicted octanol–water partition coefficient (Wildman–Crippen LogP) is 1.55. The van der Waals surface area contributed by atoms with E-state index in [1.54, 1.807) is 14.1 Å². The summed E-state index contributed by atoms with van der Waals surface area (Å²) in [5, 5.41) is 11.0. The molecule has 0 aliphatic carbocycles. The van der Waals surface area contributed by atoms with Gasteiger partial charge in [0, 0.05) is 25.5 Å². The van der Waals surface area contributed by atoms with Crippen molar-refractivity contribution in [2.75, 3.05) is 32.1 Å². The van der Waals surface area contributed by atoms with Gasteiger partial charge < -0.3 is 19.8 Å². The van der Waals surface area contributed by atoms with E-state index in [9.17, 15) is 23.9 Å². The molecule has 152 valence electrons. The maximum absolute atomic E-state index is 13.4. The summed E-state index contributed by atoms with van der Waals surface area (Å²) in [4.78, 5) is 43.1. The average Bonchev–Trinajstić information content (AvgIpc) is 3.06. The molecule has 3 amide bonds. The van der Waals surface area contributed by atoms with Crippen LogP contribution in [-0.4, -0.2) is 59.8 Å². The number of thiophene rings is 1. The lowest BCUT2D eigenvalue weighted by Crippen LogP contribution is -2.39.